The van der Waals surface area contributed by atoms with E-state index in [0.717, 1.165) is 24.8 Å². The molecule has 0 spiro atoms. The zero-order chi connectivity index (χ0) is 23.9. The first-order valence-corrected chi connectivity index (χ1v) is 13.3. The van der Waals surface area contributed by atoms with Gasteiger partial charge in [-0.1, -0.05) is 103 Å². The highest BCUT2D eigenvalue weighted by atomic mass is 16.3. The molecule has 1 aromatic heterocycles. The summed E-state index contributed by atoms with van der Waals surface area (Å²) in [5.74, 6) is 0.0717. The van der Waals surface area contributed by atoms with Gasteiger partial charge in [-0.2, -0.15) is 0 Å². The van der Waals surface area contributed by atoms with Gasteiger partial charge in [-0.15, -0.1) is 0 Å². The smallest absolute Gasteiger partial charge is 0.201 e. The molecular weight excluding hydrogens is 410 g/mol. The predicted molar refractivity (Wildman–Crippen MR) is 141 cm³/mol. The van der Waals surface area contributed by atoms with Crippen molar-refractivity contribution in [2.75, 3.05) is 11.5 Å². The van der Waals surface area contributed by atoms with E-state index in [1.54, 1.807) is 24.3 Å². The van der Waals surface area contributed by atoms with Crippen molar-refractivity contribution < 1.29 is 10.2 Å². The number of unbranched alkanes of at least 4 members (excludes halogenated alkanes) is 15. The number of benzene rings is 1. The molecule has 0 radical (unpaired) electrons. The summed E-state index contributed by atoms with van der Waals surface area (Å²) in [6.45, 7) is 2.28. The van der Waals surface area contributed by atoms with Crippen LogP contribution >= 0.6 is 0 Å². The van der Waals surface area contributed by atoms with E-state index in [0.29, 0.717) is 17.1 Å². The van der Waals surface area contributed by atoms with Crippen LogP contribution in [-0.4, -0.2) is 14.8 Å². The molecule has 0 aliphatic carbocycles. The van der Waals surface area contributed by atoms with Gasteiger partial charge < -0.3 is 21.7 Å². The van der Waals surface area contributed by atoms with Crippen molar-refractivity contribution in [2.45, 2.75) is 116 Å². The lowest BCUT2D eigenvalue weighted by Crippen LogP contribution is -1.98. The van der Waals surface area contributed by atoms with Gasteiger partial charge in [0.2, 0.25) is 5.88 Å². The third-order valence-electron chi connectivity index (χ3n) is 6.55. The number of nitrogen functional groups attached to an aromatic ring is 2. The topological polar surface area (TPSA) is 97.4 Å². The molecule has 0 amide bonds. The Kier molecular flexibility index (Phi) is 12.7. The third-order valence-corrected chi connectivity index (χ3v) is 6.55. The fourth-order valence-corrected chi connectivity index (χ4v) is 4.63. The first-order valence-electron chi connectivity index (χ1n) is 13.3. The minimum Gasteiger partial charge on any atom is -0.494 e. The van der Waals surface area contributed by atoms with E-state index < -0.39 is 0 Å². The highest BCUT2D eigenvalue weighted by Crippen LogP contribution is 2.34. The Balaban J connectivity index is 1.52. The second-order valence-corrected chi connectivity index (χ2v) is 9.60. The van der Waals surface area contributed by atoms with Gasteiger partial charge in [-0.25, -0.2) is 0 Å². The molecule has 0 bridgehead atoms. The van der Waals surface area contributed by atoms with Gasteiger partial charge in [0, 0.05) is 23.0 Å². The maximum Gasteiger partial charge on any atom is 0.201 e. The van der Waals surface area contributed by atoms with Crippen molar-refractivity contribution in [1.82, 2.24) is 4.57 Å². The molecule has 33 heavy (non-hydrogen) atoms. The van der Waals surface area contributed by atoms with E-state index in [2.05, 4.69) is 6.92 Å². The molecule has 0 fully saturated rings. The first kappa shape index (κ1) is 26.9. The zero-order valence-corrected chi connectivity index (χ0v) is 20.8. The predicted octanol–water partition coefficient (Wildman–Crippen LogP) is 7.86. The van der Waals surface area contributed by atoms with Crippen molar-refractivity contribution >= 4 is 11.4 Å². The zero-order valence-electron chi connectivity index (χ0n) is 20.8. The lowest BCUT2D eigenvalue weighted by Gasteiger charge is -2.09. The van der Waals surface area contributed by atoms with Crippen LogP contribution < -0.4 is 11.5 Å². The van der Waals surface area contributed by atoms with Gasteiger partial charge in [-0.3, -0.25) is 4.57 Å². The molecule has 5 heteroatoms. The van der Waals surface area contributed by atoms with Crippen LogP contribution in [0, 0.1) is 0 Å². The maximum atomic E-state index is 10.6. The maximum absolute atomic E-state index is 10.6. The second kappa shape index (κ2) is 15.5. The Hall–Kier alpha value is -2.30. The van der Waals surface area contributed by atoms with Crippen LogP contribution in [0.25, 0.3) is 5.69 Å². The molecule has 0 unspecified atom stereocenters. The van der Waals surface area contributed by atoms with E-state index in [1.165, 1.54) is 94.5 Å². The summed E-state index contributed by atoms with van der Waals surface area (Å²) in [6, 6.07) is 6.67. The normalized spacial score (nSPS) is 11.3. The van der Waals surface area contributed by atoms with E-state index in [-0.39, 0.29) is 11.8 Å². The second-order valence-electron chi connectivity index (χ2n) is 9.60. The fraction of sp³-hybridized carbons (Fsp3) is 0.643. The standard InChI is InChI=1S/C28H47N3O2/c1-2-3-4-5-6-7-8-9-10-11-12-13-14-15-16-17-18-23-19-27(32)31(28(23)33)26-21-24(29)20-25(30)22-26/h19-22,32-33H,2-18,29-30H2,1H3. The number of rotatable bonds is 18. The number of nitrogens with two attached hydrogens (primary N) is 2. The molecule has 0 saturated carbocycles. The monoisotopic (exact) mass is 457 g/mol. The molecule has 5 nitrogen and oxygen atoms in total. The summed E-state index contributed by atoms with van der Waals surface area (Å²) in [5, 5.41) is 20.9. The molecule has 6 N–H and O–H groups in total. The summed E-state index contributed by atoms with van der Waals surface area (Å²) in [4.78, 5) is 0. The molecule has 0 atom stereocenters. The van der Waals surface area contributed by atoms with Gasteiger partial charge in [0.1, 0.15) is 0 Å². The Labute approximate surface area is 201 Å². The summed E-state index contributed by atoms with van der Waals surface area (Å²) < 4.78 is 1.40. The minimum atomic E-state index is 0.00370. The number of nitrogens with zero attached hydrogens (tertiary/aromatic N) is 1. The molecule has 2 aromatic rings. The van der Waals surface area contributed by atoms with Crippen molar-refractivity contribution in [3.05, 3.63) is 29.8 Å². The lowest BCUT2D eigenvalue weighted by molar-refractivity contribution is 0.400. The summed E-state index contributed by atoms with van der Waals surface area (Å²) in [7, 11) is 0. The molecule has 2 rings (SSSR count). The number of hydrogen-bond donors (Lipinski definition) is 4. The van der Waals surface area contributed by atoms with Crippen LogP contribution in [0.4, 0.5) is 11.4 Å². The van der Waals surface area contributed by atoms with E-state index >= 15 is 0 Å². The fourth-order valence-electron chi connectivity index (χ4n) is 4.63. The summed E-state index contributed by atoms with van der Waals surface area (Å²) in [5.41, 5.74) is 14.0. The van der Waals surface area contributed by atoms with Crippen LogP contribution in [0.2, 0.25) is 0 Å². The molecule has 1 heterocycles. The van der Waals surface area contributed by atoms with E-state index in [9.17, 15) is 10.2 Å². The Morgan fingerprint density at radius 1 is 0.606 bits per heavy atom. The Bertz CT molecular complexity index is 780. The van der Waals surface area contributed by atoms with Crippen LogP contribution in [-0.2, 0) is 6.42 Å². The first-order chi connectivity index (χ1) is 16.0. The van der Waals surface area contributed by atoms with Crippen molar-refractivity contribution in [2.24, 2.45) is 0 Å². The summed E-state index contributed by atoms with van der Waals surface area (Å²) >= 11 is 0. The number of aryl methyl sites for hydroxylation is 1. The molecule has 186 valence electrons. The number of aromatic nitrogens is 1. The highest BCUT2D eigenvalue weighted by Gasteiger charge is 2.15. The number of aromatic hydroxyl groups is 2. The van der Waals surface area contributed by atoms with Crippen molar-refractivity contribution in [1.29, 1.82) is 0 Å². The van der Waals surface area contributed by atoms with Gasteiger partial charge in [0.05, 0.1) is 5.69 Å². The Morgan fingerprint density at radius 3 is 1.48 bits per heavy atom. The van der Waals surface area contributed by atoms with Gasteiger partial charge in [0.25, 0.3) is 0 Å². The lowest BCUT2D eigenvalue weighted by atomic mass is 10.0. The third kappa shape index (κ3) is 10.0. The highest BCUT2D eigenvalue weighted by molar-refractivity contribution is 5.61. The number of hydrogen-bond acceptors (Lipinski definition) is 4. The van der Waals surface area contributed by atoms with Crippen LogP contribution in [0.3, 0.4) is 0 Å². The average molecular weight is 458 g/mol. The van der Waals surface area contributed by atoms with Crippen LogP contribution in [0.1, 0.15) is 115 Å². The quantitative estimate of drug-likeness (QED) is 0.135. The van der Waals surface area contributed by atoms with Gasteiger partial charge in [-0.05, 0) is 31.0 Å². The Morgan fingerprint density at radius 2 is 1.03 bits per heavy atom. The van der Waals surface area contributed by atoms with Gasteiger partial charge in [0.15, 0.2) is 5.88 Å². The molecule has 0 aliphatic rings. The molecule has 0 aliphatic heterocycles. The van der Waals surface area contributed by atoms with Crippen molar-refractivity contribution in [3.63, 3.8) is 0 Å². The molecule has 0 saturated heterocycles. The molecule has 1 aromatic carbocycles. The van der Waals surface area contributed by atoms with E-state index in [4.69, 9.17) is 11.5 Å². The van der Waals surface area contributed by atoms with Crippen LogP contribution in [0.5, 0.6) is 11.8 Å². The van der Waals surface area contributed by atoms with Gasteiger partial charge >= 0.3 is 0 Å². The SMILES string of the molecule is CCCCCCCCCCCCCCCCCCc1cc(O)n(-c2cc(N)cc(N)c2)c1O. The number of anilines is 2. The average Bonchev–Trinajstić information content (AvgIpc) is 3.05. The van der Waals surface area contributed by atoms with Crippen LogP contribution in [0.15, 0.2) is 24.3 Å². The minimum absolute atomic E-state index is 0.00370. The molecular formula is C28H47N3O2. The largest absolute Gasteiger partial charge is 0.494 e. The summed E-state index contributed by atoms with van der Waals surface area (Å²) in [6.07, 6.45) is 22.2. The van der Waals surface area contributed by atoms with E-state index in [1.807, 2.05) is 0 Å². The van der Waals surface area contributed by atoms with Crippen molar-refractivity contribution in [3.8, 4) is 17.4 Å².